The van der Waals surface area contributed by atoms with Gasteiger partial charge in [0.05, 0.1) is 22.1 Å². The maximum atomic E-state index is 14.5. The van der Waals surface area contributed by atoms with E-state index in [0.29, 0.717) is 25.1 Å². The molecule has 0 spiro atoms. The number of rotatable bonds is 14. The Labute approximate surface area is 384 Å². The van der Waals surface area contributed by atoms with Gasteiger partial charge in [0, 0.05) is 62.1 Å². The van der Waals surface area contributed by atoms with Crippen molar-refractivity contribution in [3.63, 3.8) is 0 Å². The molecular weight excluding hydrogens is 819 g/mol. The van der Waals surface area contributed by atoms with Crippen molar-refractivity contribution in [1.29, 1.82) is 0 Å². The molecule has 64 heavy (non-hydrogen) atoms. The van der Waals surface area contributed by atoms with E-state index in [1.165, 1.54) is 5.56 Å². The molecular formula is C52H67N7O4S. The van der Waals surface area contributed by atoms with Crippen molar-refractivity contribution in [3.8, 4) is 10.4 Å². The molecule has 0 radical (unpaired) electrons. The number of carbonyl (C=O) groups excluding carboxylic acids is 4. The molecule has 11 nitrogen and oxygen atoms in total. The fourth-order valence-corrected chi connectivity index (χ4v) is 12.2. The minimum atomic E-state index is -0.671. The Bertz CT molecular complexity index is 2330. The zero-order valence-electron chi connectivity index (χ0n) is 39.1. The number of carbonyl (C=O) groups is 4. The topological polar surface area (TPSA) is 118 Å². The monoisotopic (exact) mass is 885 g/mol. The minimum absolute atomic E-state index is 0.0103. The smallest absolute Gasteiger partial charge is 0.255 e. The molecule has 0 bridgehead atoms. The zero-order chi connectivity index (χ0) is 45.5. The highest BCUT2D eigenvalue weighted by Crippen LogP contribution is 2.53. The molecule has 1 unspecified atom stereocenters. The van der Waals surface area contributed by atoms with E-state index in [1.54, 1.807) is 21.1 Å². The lowest BCUT2D eigenvalue weighted by molar-refractivity contribution is -0.143. The summed E-state index contributed by atoms with van der Waals surface area (Å²) in [5, 5.41) is 6.47. The molecule has 2 saturated heterocycles. The molecule has 12 heteroatoms. The predicted octanol–water partition coefficient (Wildman–Crippen LogP) is 8.28. The lowest BCUT2D eigenvalue weighted by Gasteiger charge is -2.57. The third-order valence-corrected chi connectivity index (χ3v) is 15.4. The van der Waals surface area contributed by atoms with Crippen LogP contribution in [-0.2, 0) is 22.6 Å². The van der Waals surface area contributed by atoms with Gasteiger partial charge >= 0.3 is 0 Å². The van der Waals surface area contributed by atoms with Crippen molar-refractivity contribution in [2.24, 2.45) is 16.7 Å². The van der Waals surface area contributed by atoms with E-state index in [2.05, 4.69) is 89.5 Å². The predicted molar refractivity (Wildman–Crippen MR) is 255 cm³/mol. The van der Waals surface area contributed by atoms with E-state index in [0.717, 1.165) is 96.9 Å². The van der Waals surface area contributed by atoms with E-state index in [-0.39, 0.29) is 52.5 Å². The average molecular weight is 886 g/mol. The van der Waals surface area contributed by atoms with Crippen molar-refractivity contribution >= 4 is 40.7 Å². The Morgan fingerprint density at radius 3 is 2.23 bits per heavy atom. The van der Waals surface area contributed by atoms with Crippen LogP contribution in [0.3, 0.4) is 0 Å². The summed E-state index contributed by atoms with van der Waals surface area (Å²) in [5.74, 6) is -0.553. The van der Waals surface area contributed by atoms with Crippen LogP contribution in [-0.4, -0.2) is 101 Å². The van der Waals surface area contributed by atoms with Gasteiger partial charge in [-0.2, -0.15) is 0 Å². The normalized spacial score (nSPS) is 20.5. The Kier molecular flexibility index (Phi) is 13.1. The number of nitrogens with zero attached hydrogens (tertiary/aromatic N) is 5. The number of piperazine rings is 1. The Morgan fingerprint density at radius 1 is 0.891 bits per heavy atom. The number of fused-ring (bicyclic) bond motifs is 1. The summed E-state index contributed by atoms with van der Waals surface area (Å²) in [5.41, 5.74) is 9.79. The van der Waals surface area contributed by atoms with Crippen molar-refractivity contribution in [3.05, 3.63) is 106 Å². The van der Waals surface area contributed by atoms with E-state index in [4.69, 9.17) is 0 Å². The van der Waals surface area contributed by atoms with Gasteiger partial charge in [-0.3, -0.25) is 24.1 Å². The van der Waals surface area contributed by atoms with Crippen LogP contribution in [0.15, 0.2) is 72.2 Å². The number of hydrogen-bond acceptors (Lipinski definition) is 8. The summed E-state index contributed by atoms with van der Waals surface area (Å²) < 4.78 is 0. The molecule has 1 aliphatic carbocycles. The number of aryl methyl sites for hydroxylation is 2. The van der Waals surface area contributed by atoms with Gasteiger partial charge in [-0.05, 0) is 116 Å². The molecule has 1 saturated carbocycles. The minimum Gasteiger partial charge on any atom is -0.369 e. The second-order valence-corrected chi connectivity index (χ2v) is 21.3. The van der Waals surface area contributed by atoms with Crippen LogP contribution >= 0.6 is 11.3 Å². The third kappa shape index (κ3) is 9.36. The van der Waals surface area contributed by atoms with Crippen molar-refractivity contribution in [1.82, 2.24) is 30.3 Å². The maximum absolute atomic E-state index is 14.5. The summed E-state index contributed by atoms with van der Waals surface area (Å²) in [6, 6.07) is 21.2. The second kappa shape index (κ2) is 18.4. The van der Waals surface area contributed by atoms with E-state index in [9.17, 15) is 19.2 Å². The van der Waals surface area contributed by atoms with Gasteiger partial charge in [-0.25, -0.2) is 4.98 Å². The first kappa shape index (κ1) is 45.5. The van der Waals surface area contributed by atoms with E-state index in [1.807, 2.05) is 63.5 Å². The van der Waals surface area contributed by atoms with Crippen LogP contribution in [0.2, 0.25) is 0 Å². The quantitative estimate of drug-likeness (QED) is 0.131. The molecule has 2 N–H and O–H groups in total. The van der Waals surface area contributed by atoms with Gasteiger partial charge in [-0.1, -0.05) is 84.0 Å². The SMILES string of the molecule is Cc1ncsc1-c1ccc([C@H](C)NC(=O)[C@@H]2CCCN2C(=O)C(C(C)C)N2Cc3ccc(N4CCN(CCCc5ccc(C(=O)NC6C(C)(C)CC6(C)C)cc5)CC4)cc3C2=O)cc1. The highest BCUT2D eigenvalue weighted by Gasteiger charge is 2.53. The van der Waals surface area contributed by atoms with Crippen molar-refractivity contribution in [2.45, 2.75) is 118 Å². The van der Waals surface area contributed by atoms with Crippen LogP contribution < -0.4 is 15.5 Å². The number of thiazole rings is 1. The van der Waals surface area contributed by atoms with Crippen LogP contribution in [0.25, 0.3) is 10.4 Å². The highest BCUT2D eigenvalue weighted by molar-refractivity contribution is 7.13. The first-order chi connectivity index (χ1) is 30.5. The lowest BCUT2D eigenvalue weighted by atomic mass is 9.52. The first-order valence-electron chi connectivity index (χ1n) is 23.4. The largest absolute Gasteiger partial charge is 0.369 e. The average Bonchev–Trinajstić information content (AvgIpc) is 4.02. The number of benzene rings is 3. The number of aromatic nitrogens is 1. The molecule has 4 amide bonds. The Morgan fingerprint density at radius 2 is 1.59 bits per heavy atom. The van der Waals surface area contributed by atoms with Crippen LogP contribution in [0.5, 0.6) is 0 Å². The van der Waals surface area contributed by atoms with E-state index >= 15 is 0 Å². The number of likely N-dealkylation sites (tertiary alicyclic amines) is 1. The number of nitrogens with one attached hydrogen (secondary N) is 2. The Hall–Kier alpha value is -5.07. The molecule has 3 aromatic carbocycles. The molecule has 8 rings (SSSR count). The second-order valence-electron chi connectivity index (χ2n) is 20.5. The molecule has 3 atom stereocenters. The number of amides is 4. The van der Waals surface area contributed by atoms with Crippen LogP contribution in [0, 0.1) is 23.7 Å². The Balaban J connectivity index is 0.815. The van der Waals surface area contributed by atoms with Gasteiger partial charge in [0.15, 0.2) is 0 Å². The molecule has 1 aromatic heterocycles. The highest BCUT2D eigenvalue weighted by atomic mass is 32.1. The molecule has 4 aromatic rings. The van der Waals surface area contributed by atoms with Gasteiger partial charge in [0.25, 0.3) is 11.8 Å². The van der Waals surface area contributed by atoms with E-state index < -0.39 is 12.1 Å². The summed E-state index contributed by atoms with van der Waals surface area (Å²) in [6.07, 6.45) is 4.44. The summed E-state index contributed by atoms with van der Waals surface area (Å²) in [6.45, 7) is 22.4. The van der Waals surface area contributed by atoms with Crippen LogP contribution in [0.4, 0.5) is 5.69 Å². The third-order valence-electron chi connectivity index (χ3n) is 14.4. The molecule has 4 heterocycles. The first-order valence-corrected chi connectivity index (χ1v) is 24.3. The fourth-order valence-electron chi connectivity index (χ4n) is 11.3. The summed E-state index contributed by atoms with van der Waals surface area (Å²) >= 11 is 1.61. The maximum Gasteiger partial charge on any atom is 0.255 e. The van der Waals surface area contributed by atoms with Crippen molar-refractivity contribution in [2.75, 3.05) is 44.2 Å². The van der Waals surface area contributed by atoms with Gasteiger partial charge in [0.2, 0.25) is 11.8 Å². The number of hydrogen-bond donors (Lipinski definition) is 2. The molecule has 3 aliphatic heterocycles. The van der Waals surface area contributed by atoms with Gasteiger partial charge in [-0.15, -0.1) is 11.3 Å². The lowest BCUT2D eigenvalue weighted by Crippen LogP contribution is -2.63. The number of anilines is 1. The summed E-state index contributed by atoms with van der Waals surface area (Å²) in [7, 11) is 0. The molecule has 4 aliphatic rings. The fraction of sp³-hybridized carbons (Fsp3) is 0.519. The van der Waals surface area contributed by atoms with Gasteiger partial charge in [0.1, 0.15) is 12.1 Å². The molecule has 340 valence electrons. The zero-order valence-corrected chi connectivity index (χ0v) is 39.9. The van der Waals surface area contributed by atoms with Gasteiger partial charge < -0.3 is 25.3 Å². The van der Waals surface area contributed by atoms with Crippen molar-refractivity contribution < 1.29 is 19.2 Å². The summed E-state index contributed by atoms with van der Waals surface area (Å²) in [4.78, 5) is 69.3. The standard InChI is InChI=1S/C52H67N7O4S/c1-33(2)44(49(63)58-24-10-12-43(58)47(61)54-34(3)37-17-19-38(20-18-37)45-35(4)53-32-64-45)59-30-40-21-22-41(29-42(40)48(59)62)57-27-25-56(26-28-57)23-9-11-36-13-15-39(16-14-36)46(60)55-50-51(5,6)31-52(50,7)8/h13-22,29,32-34,43-44,50H,9-12,23-28,30-31H2,1-8H3,(H,54,61)(H,55,60)/t34-,43-,44?/m0/s1. The van der Waals surface area contributed by atoms with Crippen LogP contribution in [0.1, 0.15) is 123 Å². The molecule has 3 fully saturated rings.